The Morgan fingerprint density at radius 1 is 0.774 bits per heavy atom. The van der Waals surface area contributed by atoms with E-state index >= 15 is 0 Å². The molecule has 0 fully saturated rings. The minimum Gasteiger partial charge on any atom is -0.373 e. The molecule has 0 radical (unpaired) electrons. The van der Waals surface area contributed by atoms with Gasteiger partial charge in [0.1, 0.15) is 16.9 Å². The van der Waals surface area contributed by atoms with Gasteiger partial charge in [0, 0.05) is 7.05 Å². The highest BCUT2D eigenvalue weighted by Crippen LogP contribution is 2.42. The standard InChI is InChI=1S/C25H20BrN5/c1-27-22-17-21(26)23-24(28-22)31(30-29-23)25(18-11-5-2-6-12-18,19-13-7-3-8-14-19)20-15-9-4-10-16-20/h2-17H,1H3,(H,27,28). The third kappa shape index (κ3) is 3.11. The zero-order chi connectivity index (χ0) is 21.3. The van der Waals surface area contributed by atoms with Crippen molar-refractivity contribution in [3.8, 4) is 0 Å². The molecule has 5 aromatic rings. The monoisotopic (exact) mass is 469 g/mol. The van der Waals surface area contributed by atoms with Gasteiger partial charge in [-0.25, -0.2) is 9.67 Å². The van der Waals surface area contributed by atoms with Crippen LogP contribution in [0.15, 0.2) is 102 Å². The third-order valence-corrected chi connectivity index (χ3v) is 6.12. The second-order valence-electron chi connectivity index (χ2n) is 7.22. The molecule has 0 amide bonds. The van der Waals surface area contributed by atoms with Gasteiger partial charge in [-0.2, -0.15) is 0 Å². The fourth-order valence-corrected chi connectivity index (χ4v) is 4.60. The van der Waals surface area contributed by atoms with Crippen LogP contribution >= 0.6 is 15.9 Å². The van der Waals surface area contributed by atoms with Crippen LogP contribution in [0.1, 0.15) is 16.7 Å². The van der Waals surface area contributed by atoms with E-state index in [2.05, 4.69) is 104 Å². The Balaban J connectivity index is 1.97. The van der Waals surface area contributed by atoms with Gasteiger partial charge in [0.25, 0.3) is 0 Å². The molecule has 3 aromatic carbocycles. The Hall–Kier alpha value is -3.51. The molecule has 0 saturated heterocycles. The van der Waals surface area contributed by atoms with Crippen LogP contribution in [0.25, 0.3) is 11.2 Å². The molecule has 0 saturated carbocycles. The van der Waals surface area contributed by atoms with E-state index in [-0.39, 0.29) is 0 Å². The molecule has 0 unspecified atom stereocenters. The van der Waals surface area contributed by atoms with Crippen LogP contribution in [0.4, 0.5) is 5.82 Å². The number of nitrogens with zero attached hydrogens (tertiary/aromatic N) is 4. The molecule has 31 heavy (non-hydrogen) atoms. The molecule has 2 aromatic heterocycles. The maximum Gasteiger partial charge on any atom is 0.183 e. The summed E-state index contributed by atoms with van der Waals surface area (Å²) >= 11 is 3.64. The maximum absolute atomic E-state index is 4.85. The van der Waals surface area contributed by atoms with Crippen molar-refractivity contribution in [1.29, 1.82) is 0 Å². The third-order valence-electron chi connectivity index (χ3n) is 5.51. The molecule has 152 valence electrons. The van der Waals surface area contributed by atoms with Crippen molar-refractivity contribution < 1.29 is 0 Å². The predicted molar refractivity (Wildman–Crippen MR) is 127 cm³/mol. The topological polar surface area (TPSA) is 55.6 Å². The van der Waals surface area contributed by atoms with Crippen molar-refractivity contribution in [2.24, 2.45) is 0 Å². The Kier molecular flexibility index (Phi) is 5.00. The first-order valence-electron chi connectivity index (χ1n) is 10.0. The van der Waals surface area contributed by atoms with Gasteiger partial charge < -0.3 is 5.32 Å². The van der Waals surface area contributed by atoms with Gasteiger partial charge in [-0.1, -0.05) is 96.2 Å². The highest BCUT2D eigenvalue weighted by molar-refractivity contribution is 9.10. The minimum atomic E-state index is -0.753. The summed E-state index contributed by atoms with van der Waals surface area (Å²) in [6.45, 7) is 0. The van der Waals surface area contributed by atoms with E-state index < -0.39 is 5.54 Å². The van der Waals surface area contributed by atoms with E-state index in [0.717, 1.165) is 27.0 Å². The van der Waals surface area contributed by atoms with Crippen molar-refractivity contribution in [3.63, 3.8) is 0 Å². The van der Waals surface area contributed by atoms with Gasteiger partial charge in [-0.05, 0) is 38.7 Å². The molecule has 0 aliphatic rings. The number of hydrogen-bond acceptors (Lipinski definition) is 4. The summed E-state index contributed by atoms with van der Waals surface area (Å²) in [5, 5.41) is 12.3. The number of anilines is 1. The smallest absolute Gasteiger partial charge is 0.183 e. The van der Waals surface area contributed by atoms with Crippen LogP contribution in [0, 0.1) is 0 Å². The number of halogens is 1. The van der Waals surface area contributed by atoms with Crippen LogP contribution in [0.5, 0.6) is 0 Å². The van der Waals surface area contributed by atoms with Crippen molar-refractivity contribution in [2.45, 2.75) is 5.54 Å². The fourth-order valence-electron chi connectivity index (χ4n) is 4.13. The van der Waals surface area contributed by atoms with E-state index in [4.69, 9.17) is 4.98 Å². The molecule has 2 heterocycles. The van der Waals surface area contributed by atoms with E-state index in [1.807, 2.05) is 36.0 Å². The summed E-state index contributed by atoms with van der Waals surface area (Å²) in [5.74, 6) is 0.742. The van der Waals surface area contributed by atoms with E-state index in [9.17, 15) is 0 Å². The zero-order valence-electron chi connectivity index (χ0n) is 16.9. The number of rotatable bonds is 5. The van der Waals surface area contributed by atoms with Crippen LogP contribution in [0.3, 0.4) is 0 Å². The molecule has 5 rings (SSSR count). The number of fused-ring (bicyclic) bond motifs is 1. The van der Waals surface area contributed by atoms with Gasteiger partial charge >= 0.3 is 0 Å². The summed E-state index contributed by atoms with van der Waals surface area (Å²) in [4.78, 5) is 4.85. The van der Waals surface area contributed by atoms with Crippen LogP contribution < -0.4 is 5.32 Å². The molecule has 0 aliphatic carbocycles. The minimum absolute atomic E-state index is 0.690. The maximum atomic E-state index is 4.85. The Morgan fingerprint density at radius 2 is 1.26 bits per heavy atom. The summed E-state index contributed by atoms with van der Waals surface area (Å²) in [6, 6.07) is 33.1. The summed E-state index contributed by atoms with van der Waals surface area (Å²) < 4.78 is 2.78. The van der Waals surface area contributed by atoms with E-state index in [1.165, 1.54) is 0 Å². The fraction of sp³-hybridized carbons (Fsp3) is 0.0800. The quantitative estimate of drug-likeness (QED) is 0.346. The van der Waals surface area contributed by atoms with Crippen molar-refractivity contribution in [1.82, 2.24) is 20.0 Å². The average Bonchev–Trinajstić information content (AvgIpc) is 3.27. The molecular weight excluding hydrogens is 450 g/mol. The second-order valence-corrected chi connectivity index (χ2v) is 8.08. The van der Waals surface area contributed by atoms with Crippen molar-refractivity contribution >= 4 is 32.9 Å². The van der Waals surface area contributed by atoms with Crippen LogP contribution in [0.2, 0.25) is 0 Å². The van der Waals surface area contributed by atoms with Crippen LogP contribution in [-0.2, 0) is 5.54 Å². The molecule has 6 heteroatoms. The van der Waals surface area contributed by atoms with Gasteiger partial charge in [0.15, 0.2) is 5.65 Å². The van der Waals surface area contributed by atoms with Gasteiger partial charge in [0.2, 0.25) is 0 Å². The summed E-state index contributed by atoms with van der Waals surface area (Å²) in [7, 11) is 1.85. The Labute approximate surface area is 188 Å². The molecule has 1 N–H and O–H groups in total. The van der Waals surface area contributed by atoms with Gasteiger partial charge in [-0.15, -0.1) is 5.10 Å². The highest BCUT2D eigenvalue weighted by Gasteiger charge is 2.41. The predicted octanol–water partition coefficient (Wildman–Crippen LogP) is 5.47. The Bertz CT molecular complexity index is 1220. The number of nitrogens with one attached hydrogen (secondary N) is 1. The normalized spacial score (nSPS) is 11.5. The molecule has 0 atom stereocenters. The lowest BCUT2D eigenvalue weighted by Gasteiger charge is -2.35. The molecule has 0 spiro atoms. The summed E-state index contributed by atoms with van der Waals surface area (Å²) in [6.07, 6.45) is 0. The molecule has 5 nitrogen and oxygen atoms in total. The van der Waals surface area contributed by atoms with Gasteiger partial charge in [-0.3, -0.25) is 0 Å². The Morgan fingerprint density at radius 3 is 1.71 bits per heavy atom. The summed E-state index contributed by atoms with van der Waals surface area (Å²) in [5.41, 5.74) is 3.88. The zero-order valence-corrected chi connectivity index (χ0v) is 18.5. The second kappa shape index (κ2) is 7.96. The first-order valence-corrected chi connectivity index (χ1v) is 10.8. The molecule has 0 bridgehead atoms. The first-order chi connectivity index (χ1) is 15.2. The van der Waals surface area contributed by atoms with E-state index in [1.54, 1.807) is 0 Å². The number of aromatic nitrogens is 4. The van der Waals surface area contributed by atoms with Gasteiger partial charge in [0.05, 0.1) is 4.47 Å². The first kappa shape index (κ1) is 19.5. The lowest BCUT2D eigenvalue weighted by molar-refractivity contribution is 0.458. The van der Waals surface area contributed by atoms with Crippen LogP contribution in [-0.4, -0.2) is 27.0 Å². The number of pyridine rings is 1. The average molecular weight is 470 g/mol. The number of hydrogen-bond donors (Lipinski definition) is 1. The molecule has 0 aliphatic heterocycles. The number of benzene rings is 3. The van der Waals surface area contributed by atoms with Crippen molar-refractivity contribution in [3.05, 3.63) is 118 Å². The van der Waals surface area contributed by atoms with E-state index in [0.29, 0.717) is 11.2 Å². The lowest BCUT2D eigenvalue weighted by Crippen LogP contribution is -2.38. The lowest BCUT2D eigenvalue weighted by atomic mass is 9.77. The largest absolute Gasteiger partial charge is 0.373 e. The highest BCUT2D eigenvalue weighted by atomic mass is 79.9. The van der Waals surface area contributed by atoms with Crippen molar-refractivity contribution in [2.75, 3.05) is 12.4 Å². The SMILES string of the molecule is CNc1cc(Br)c2nnn(C(c3ccccc3)(c3ccccc3)c3ccccc3)c2n1. The molecular formula is C25H20BrN5.